The highest BCUT2D eigenvalue weighted by Crippen LogP contribution is 2.30. The monoisotopic (exact) mass is 491 g/mol. The van der Waals surface area contributed by atoms with Crippen LogP contribution >= 0.6 is 0 Å². The molecule has 0 fully saturated rings. The van der Waals surface area contributed by atoms with E-state index in [4.69, 9.17) is 16.7 Å². The van der Waals surface area contributed by atoms with E-state index >= 15 is 0 Å². The van der Waals surface area contributed by atoms with E-state index in [0.717, 1.165) is 29.2 Å². The fourth-order valence-corrected chi connectivity index (χ4v) is 3.78. The maximum absolute atomic E-state index is 12.7. The standard InChI is InChI=1S/C19H19N3O.C8H6N6/c1-2-6-16-17(19(23)22-14-8-5-10-21-12-14)11-13-7-3-4-9-15(13)18(16)20;9-4-6-5-13-14(7(6)10)8-11-2-1-3-12-8/h3-5,7-12H,2,6,20H2,1H3,(H,22,23);1-3,5H,10H2. The molecule has 0 aliphatic heterocycles. The molecule has 0 atom stereocenters. The second kappa shape index (κ2) is 11.4. The minimum atomic E-state index is -0.154. The smallest absolute Gasteiger partial charge is 0.256 e. The number of nitrogen functional groups attached to an aromatic ring is 2. The van der Waals surface area contributed by atoms with Gasteiger partial charge in [-0.3, -0.25) is 9.78 Å². The van der Waals surface area contributed by atoms with Gasteiger partial charge in [-0.25, -0.2) is 9.97 Å². The van der Waals surface area contributed by atoms with Gasteiger partial charge in [-0.2, -0.15) is 15.0 Å². The van der Waals surface area contributed by atoms with Gasteiger partial charge in [0, 0.05) is 35.2 Å². The Labute approximate surface area is 213 Å². The third-order valence-corrected chi connectivity index (χ3v) is 5.53. The summed E-state index contributed by atoms with van der Waals surface area (Å²) in [6, 6.07) is 17.0. The molecule has 0 aliphatic rings. The Morgan fingerprint density at radius 2 is 1.84 bits per heavy atom. The molecule has 0 aliphatic carbocycles. The second-order valence-corrected chi connectivity index (χ2v) is 8.00. The summed E-state index contributed by atoms with van der Waals surface area (Å²) in [7, 11) is 0. The van der Waals surface area contributed by atoms with Gasteiger partial charge in [-0.05, 0) is 41.6 Å². The number of hydrogen-bond donors (Lipinski definition) is 3. The molecule has 5 N–H and O–H groups in total. The Balaban J connectivity index is 0.000000195. The minimum absolute atomic E-state index is 0.154. The SMILES string of the molecule is CCCc1c(C(=O)Nc2cccnc2)cc2ccccc2c1N.N#Cc1cnn(-c2ncccn2)c1N. The Bertz CT molecular complexity index is 1560. The molecule has 0 saturated carbocycles. The molecule has 0 bridgehead atoms. The van der Waals surface area contributed by atoms with E-state index < -0.39 is 0 Å². The largest absolute Gasteiger partial charge is 0.398 e. The van der Waals surface area contributed by atoms with E-state index in [0.29, 0.717) is 28.5 Å². The lowest BCUT2D eigenvalue weighted by molar-refractivity contribution is 0.102. The van der Waals surface area contributed by atoms with Crippen molar-refractivity contribution in [3.8, 4) is 12.0 Å². The molecule has 5 aromatic rings. The predicted molar refractivity (Wildman–Crippen MR) is 143 cm³/mol. The molecule has 0 saturated heterocycles. The molecule has 2 aromatic carbocycles. The molecule has 3 aromatic heterocycles. The maximum Gasteiger partial charge on any atom is 0.256 e. The number of anilines is 3. The van der Waals surface area contributed by atoms with Crippen molar-refractivity contribution in [2.75, 3.05) is 16.8 Å². The van der Waals surface area contributed by atoms with Crippen LogP contribution in [0.1, 0.15) is 34.8 Å². The van der Waals surface area contributed by atoms with Gasteiger partial charge < -0.3 is 16.8 Å². The summed E-state index contributed by atoms with van der Waals surface area (Å²) < 4.78 is 1.32. The fraction of sp³-hybridized carbons (Fsp3) is 0.111. The van der Waals surface area contributed by atoms with Crippen molar-refractivity contribution in [1.29, 1.82) is 5.26 Å². The first-order valence-electron chi connectivity index (χ1n) is 11.6. The van der Waals surface area contributed by atoms with Crippen molar-refractivity contribution in [3.63, 3.8) is 0 Å². The van der Waals surface area contributed by atoms with Gasteiger partial charge in [-0.1, -0.05) is 37.6 Å². The summed E-state index contributed by atoms with van der Waals surface area (Å²) >= 11 is 0. The summed E-state index contributed by atoms with van der Waals surface area (Å²) in [5, 5.41) is 17.4. The number of amides is 1. The summed E-state index contributed by atoms with van der Waals surface area (Å²) in [5.41, 5.74) is 15.2. The van der Waals surface area contributed by atoms with Crippen LogP contribution < -0.4 is 16.8 Å². The Hall–Kier alpha value is -5.30. The molecule has 0 spiro atoms. The first kappa shape index (κ1) is 24.8. The average molecular weight is 492 g/mol. The quantitative estimate of drug-likeness (QED) is 0.309. The van der Waals surface area contributed by atoms with Crippen LogP contribution in [0.25, 0.3) is 16.7 Å². The first-order chi connectivity index (χ1) is 18.0. The average Bonchev–Trinajstić information content (AvgIpc) is 3.32. The summed E-state index contributed by atoms with van der Waals surface area (Å²) in [4.78, 5) is 24.6. The van der Waals surface area contributed by atoms with E-state index in [1.165, 1.54) is 10.9 Å². The number of fused-ring (bicyclic) bond motifs is 1. The van der Waals surface area contributed by atoms with E-state index in [9.17, 15) is 4.79 Å². The van der Waals surface area contributed by atoms with E-state index in [1.807, 2.05) is 42.5 Å². The second-order valence-electron chi connectivity index (χ2n) is 8.00. The van der Waals surface area contributed by atoms with Crippen molar-refractivity contribution < 1.29 is 4.79 Å². The van der Waals surface area contributed by atoms with Gasteiger partial charge in [0.1, 0.15) is 17.5 Å². The summed E-state index contributed by atoms with van der Waals surface area (Å²) in [6.07, 6.45) is 9.53. The van der Waals surface area contributed by atoms with Crippen LogP contribution in [0.4, 0.5) is 17.2 Å². The number of nitrogens with two attached hydrogens (primary N) is 2. The number of benzene rings is 2. The number of rotatable bonds is 5. The molecule has 37 heavy (non-hydrogen) atoms. The van der Waals surface area contributed by atoms with Crippen molar-refractivity contribution in [2.24, 2.45) is 0 Å². The van der Waals surface area contributed by atoms with Gasteiger partial charge in [0.05, 0.1) is 18.1 Å². The molecule has 184 valence electrons. The van der Waals surface area contributed by atoms with Crippen molar-refractivity contribution in [3.05, 3.63) is 96.2 Å². The Kier molecular flexibility index (Phi) is 7.66. The highest BCUT2D eigenvalue weighted by Gasteiger charge is 2.16. The molecular weight excluding hydrogens is 466 g/mol. The van der Waals surface area contributed by atoms with Crippen LogP contribution in [0.5, 0.6) is 0 Å². The van der Waals surface area contributed by atoms with Gasteiger partial charge >= 0.3 is 0 Å². The molecule has 1 amide bonds. The zero-order valence-corrected chi connectivity index (χ0v) is 20.2. The van der Waals surface area contributed by atoms with Crippen LogP contribution in [0.15, 0.2) is 79.5 Å². The molecular formula is C27H25N9O. The summed E-state index contributed by atoms with van der Waals surface area (Å²) in [6.45, 7) is 2.08. The number of hydrogen-bond acceptors (Lipinski definition) is 8. The number of carbonyl (C=O) groups excluding carboxylic acids is 1. The van der Waals surface area contributed by atoms with E-state index in [2.05, 4.69) is 32.3 Å². The molecule has 10 nitrogen and oxygen atoms in total. The van der Waals surface area contributed by atoms with Crippen LogP contribution in [0, 0.1) is 11.3 Å². The predicted octanol–water partition coefficient (Wildman–Crippen LogP) is 4.14. The number of nitrogens with one attached hydrogen (secondary N) is 1. The van der Waals surface area contributed by atoms with Gasteiger partial charge in [0.2, 0.25) is 0 Å². The van der Waals surface area contributed by atoms with Gasteiger partial charge in [0.25, 0.3) is 11.9 Å². The molecule has 3 heterocycles. The number of nitrogens with zero attached hydrogens (tertiary/aromatic N) is 6. The van der Waals surface area contributed by atoms with Crippen LogP contribution in [0.2, 0.25) is 0 Å². The zero-order valence-electron chi connectivity index (χ0n) is 20.2. The Morgan fingerprint density at radius 3 is 2.51 bits per heavy atom. The molecule has 0 unspecified atom stereocenters. The fourth-order valence-electron chi connectivity index (χ4n) is 3.78. The number of carbonyl (C=O) groups is 1. The minimum Gasteiger partial charge on any atom is -0.398 e. The van der Waals surface area contributed by atoms with Crippen molar-refractivity contribution in [1.82, 2.24) is 24.7 Å². The van der Waals surface area contributed by atoms with Crippen molar-refractivity contribution in [2.45, 2.75) is 19.8 Å². The summed E-state index contributed by atoms with van der Waals surface area (Å²) in [5.74, 6) is 0.448. The lowest BCUT2D eigenvalue weighted by Crippen LogP contribution is -2.16. The van der Waals surface area contributed by atoms with Crippen molar-refractivity contribution >= 4 is 33.9 Å². The number of pyridine rings is 1. The van der Waals surface area contributed by atoms with Crippen LogP contribution in [-0.2, 0) is 6.42 Å². The lowest BCUT2D eigenvalue weighted by Gasteiger charge is -2.15. The van der Waals surface area contributed by atoms with Crippen LogP contribution in [-0.4, -0.2) is 30.6 Å². The third-order valence-electron chi connectivity index (χ3n) is 5.53. The topological polar surface area (TPSA) is 161 Å². The first-order valence-corrected chi connectivity index (χ1v) is 11.6. The Morgan fingerprint density at radius 1 is 1.05 bits per heavy atom. The van der Waals surface area contributed by atoms with Gasteiger partial charge in [-0.15, -0.1) is 0 Å². The molecule has 10 heteroatoms. The highest BCUT2D eigenvalue weighted by atomic mass is 16.1. The molecule has 5 rings (SSSR count). The highest BCUT2D eigenvalue weighted by molar-refractivity contribution is 6.10. The lowest BCUT2D eigenvalue weighted by atomic mass is 9.95. The van der Waals surface area contributed by atoms with Gasteiger partial charge in [0.15, 0.2) is 0 Å². The molecule has 0 radical (unpaired) electrons. The normalized spacial score (nSPS) is 10.3. The van der Waals surface area contributed by atoms with E-state index in [-0.39, 0.29) is 11.7 Å². The number of nitriles is 1. The number of aromatic nitrogens is 5. The van der Waals surface area contributed by atoms with Crippen LogP contribution in [0.3, 0.4) is 0 Å². The zero-order chi connectivity index (χ0) is 26.2. The third kappa shape index (κ3) is 5.52. The maximum atomic E-state index is 12.7. The van der Waals surface area contributed by atoms with E-state index in [1.54, 1.807) is 36.9 Å².